The number of benzene rings is 1. The number of furan rings is 1. The summed E-state index contributed by atoms with van der Waals surface area (Å²) >= 11 is 6.11. The molecule has 4 rings (SSSR count). The van der Waals surface area contributed by atoms with Gasteiger partial charge >= 0.3 is 0 Å². The van der Waals surface area contributed by atoms with E-state index in [1.54, 1.807) is 53.7 Å². The van der Waals surface area contributed by atoms with Gasteiger partial charge in [0.15, 0.2) is 5.76 Å². The van der Waals surface area contributed by atoms with Crippen molar-refractivity contribution >= 4 is 17.5 Å². The summed E-state index contributed by atoms with van der Waals surface area (Å²) < 4.78 is 6.98. The minimum Gasteiger partial charge on any atom is -0.463 e. The number of carbonyl (C=O) groups excluding carboxylic acids is 1. The van der Waals surface area contributed by atoms with Crippen LogP contribution in [-0.4, -0.2) is 20.7 Å². The molecule has 0 saturated heterocycles. The highest BCUT2D eigenvalue weighted by Gasteiger charge is 2.18. The molecule has 0 saturated carbocycles. The molecule has 0 radical (unpaired) electrons. The number of hydrogen-bond donors (Lipinski definition) is 1. The molecule has 6 nitrogen and oxygen atoms in total. The van der Waals surface area contributed by atoms with E-state index in [-0.39, 0.29) is 5.91 Å². The molecule has 0 aliphatic carbocycles. The first-order valence-corrected chi connectivity index (χ1v) is 8.65. The van der Waals surface area contributed by atoms with Gasteiger partial charge in [-0.25, -0.2) is 4.68 Å². The first-order valence-electron chi connectivity index (χ1n) is 8.28. The number of rotatable bonds is 5. The first-order chi connectivity index (χ1) is 13.2. The van der Waals surface area contributed by atoms with Crippen LogP contribution in [0.4, 0.5) is 0 Å². The molecule has 0 aliphatic rings. The third-order valence-electron chi connectivity index (χ3n) is 3.97. The fourth-order valence-corrected chi connectivity index (χ4v) is 2.85. The SMILES string of the molecule is O=C(NCc1ccncc1)c1cc(-c2ccco2)nn1-c1cccc(Cl)c1. The van der Waals surface area contributed by atoms with Gasteiger partial charge in [0.2, 0.25) is 0 Å². The molecule has 3 heterocycles. The van der Waals surface area contributed by atoms with Crippen molar-refractivity contribution in [2.75, 3.05) is 0 Å². The molecular formula is C20H15ClN4O2. The second-order valence-corrected chi connectivity index (χ2v) is 6.26. The van der Waals surface area contributed by atoms with E-state index < -0.39 is 0 Å². The summed E-state index contributed by atoms with van der Waals surface area (Å²) in [6.45, 7) is 0.387. The van der Waals surface area contributed by atoms with Crippen molar-refractivity contribution in [3.8, 4) is 17.1 Å². The van der Waals surface area contributed by atoms with Gasteiger partial charge in [0.1, 0.15) is 11.4 Å². The van der Waals surface area contributed by atoms with Gasteiger partial charge in [-0.1, -0.05) is 17.7 Å². The van der Waals surface area contributed by atoms with Crippen LogP contribution >= 0.6 is 11.6 Å². The predicted molar refractivity (Wildman–Crippen MR) is 102 cm³/mol. The summed E-state index contributed by atoms with van der Waals surface area (Å²) in [5, 5.41) is 8.00. The lowest BCUT2D eigenvalue weighted by Crippen LogP contribution is -2.25. The number of halogens is 1. The Hall–Kier alpha value is -3.38. The van der Waals surface area contributed by atoms with E-state index in [1.807, 2.05) is 24.3 Å². The summed E-state index contributed by atoms with van der Waals surface area (Å²) in [5.74, 6) is 0.330. The average Bonchev–Trinajstić information content (AvgIpc) is 3.36. The van der Waals surface area contributed by atoms with E-state index in [0.29, 0.717) is 34.4 Å². The smallest absolute Gasteiger partial charge is 0.270 e. The molecule has 0 atom stereocenters. The summed E-state index contributed by atoms with van der Waals surface area (Å²) in [6.07, 6.45) is 4.94. The van der Waals surface area contributed by atoms with Crippen molar-refractivity contribution in [2.24, 2.45) is 0 Å². The Morgan fingerprint density at radius 2 is 1.96 bits per heavy atom. The lowest BCUT2D eigenvalue weighted by atomic mass is 10.2. The molecule has 1 N–H and O–H groups in total. The summed E-state index contributed by atoms with van der Waals surface area (Å²) in [6, 6.07) is 16.1. The van der Waals surface area contributed by atoms with Gasteiger partial charge in [0.25, 0.3) is 5.91 Å². The van der Waals surface area contributed by atoms with Crippen molar-refractivity contribution in [3.63, 3.8) is 0 Å². The Bertz CT molecular complexity index is 1060. The van der Waals surface area contributed by atoms with Crippen LogP contribution in [0.5, 0.6) is 0 Å². The Morgan fingerprint density at radius 1 is 1.11 bits per heavy atom. The van der Waals surface area contributed by atoms with E-state index in [1.165, 1.54) is 0 Å². The van der Waals surface area contributed by atoms with Gasteiger partial charge in [-0.15, -0.1) is 0 Å². The molecule has 0 unspecified atom stereocenters. The summed E-state index contributed by atoms with van der Waals surface area (Å²) in [4.78, 5) is 16.8. The van der Waals surface area contributed by atoms with Gasteiger partial charge in [0.05, 0.1) is 12.0 Å². The quantitative estimate of drug-likeness (QED) is 0.567. The van der Waals surface area contributed by atoms with E-state index in [0.717, 1.165) is 5.56 Å². The number of hydrogen-bond acceptors (Lipinski definition) is 4. The van der Waals surface area contributed by atoms with Crippen LogP contribution in [0.25, 0.3) is 17.1 Å². The maximum absolute atomic E-state index is 12.8. The number of nitrogens with one attached hydrogen (secondary N) is 1. The standard InChI is InChI=1S/C20H15ClN4O2/c21-15-3-1-4-16(11-15)25-18(12-17(24-25)19-5-2-10-27-19)20(26)23-13-14-6-8-22-9-7-14/h1-12H,13H2,(H,23,26). The Labute approximate surface area is 160 Å². The van der Waals surface area contributed by atoms with E-state index >= 15 is 0 Å². The number of pyridine rings is 1. The predicted octanol–water partition coefficient (Wildman–Crippen LogP) is 4.11. The highest BCUT2D eigenvalue weighted by Crippen LogP contribution is 2.23. The fourth-order valence-electron chi connectivity index (χ4n) is 2.67. The number of carbonyl (C=O) groups is 1. The summed E-state index contributed by atoms with van der Waals surface area (Å²) in [7, 11) is 0. The molecule has 0 fully saturated rings. The van der Waals surface area contributed by atoms with Gasteiger partial charge in [-0.2, -0.15) is 5.10 Å². The number of nitrogens with zero attached hydrogens (tertiary/aromatic N) is 3. The van der Waals surface area contributed by atoms with Gasteiger partial charge < -0.3 is 9.73 Å². The minimum atomic E-state index is -0.253. The van der Waals surface area contributed by atoms with Crippen molar-refractivity contribution in [1.82, 2.24) is 20.1 Å². The first kappa shape index (κ1) is 17.1. The average molecular weight is 379 g/mol. The molecule has 1 aromatic carbocycles. The van der Waals surface area contributed by atoms with Crippen LogP contribution < -0.4 is 5.32 Å². The number of aromatic nitrogens is 3. The van der Waals surface area contributed by atoms with E-state index in [4.69, 9.17) is 16.0 Å². The van der Waals surface area contributed by atoms with Crippen molar-refractivity contribution in [3.05, 3.63) is 89.5 Å². The molecule has 7 heteroatoms. The van der Waals surface area contributed by atoms with E-state index in [2.05, 4.69) is 15.4 Å². The summed E-state index contributed by atoms with van der Waals surface area (Å²) in [5.41, 5.74) is 2.60. The molecular weight excluding hydrogens is 364 g/mol. The van der Waals surface area contributed by atoms with Crippen LogP contribution in [-0.2, 0) is 6.54 Å². The van der Waals surface area contributed by atoms with Crippen LogP contribution in [0, 0.1) is 0 Å². The monoisotopic (exact) mass is 378 g/mol. The van der Waals surface area contributed by atoms with Crippen LogP contribution in [0.3, 0.4) is 0 Å². The molecule has 0 bridgehead atoms. The molecule has 0 aliphatic heterocycles. The lowest BCUT2D eigenvalue weighted by molar-refractivity contribution is 0.0943. The van der Waals surface area contributed by atoms with Crippen molar-refractivity contribution in [2.45, 2.75) is 6.54 Å². The van der Waals surface area contributed by atoms with Gasteiger partial charge in [0, 0.05) is 30.0 Å². The third kappa shape index (κ3) is 3.75. The molecule has 0 spiro atoms. The largest absolute Gasteiger partial charge is 0.463 e. The zero-order chi connectivity index (χ0) is 18.6. The Balaban J connectivity index is 1.68. The normalized spacial score (nSPS) is 10.7. The maximum atomic E-state index is 12.8. The Kier molecular flexibility index (Phi) is 4.72. The molecule has 134 valence electrons. The molecule has 3 aromatic heterocycles. The second kappa shape index (κ2) is 7.47. The van der Waals surface area contributed by atoms with Crippen molar-refractivity contribution in [1.29, 1.82) is 0 Å². The third-order valence-corrected chi connectivity index (χ3v) is 4.21. The van der Waals surface area contributed by atoms with Crippen LogP contribution in [0.15, 0.2) is 77.7 Å². The van der Waals surface area contributed by atoms with E-state index in [9.17, 15) is 4.79 Å². The molecule has 27 heavy (non-hydrogen) atoms. The Morgan fingerprint density at radius 3 is 2.70 bits per heavy atom. The second-order valence-electron chi connectivity index (χ2n) is 5.82. The lowest BCUT2D eigenvalue weighted by Gasteiger charge is -2.08. The maximum Gasteiger partial charge on any atom is 0.270 e. The van der Waals surface area contributed by atoms with Gasteiger partial charge in [-0.3, -0.25) is 9.78 Å². The topological polar surface area (TPSA) is 73.0 Å². The zero-order valence-corrected chi connectivity index (χ0v) is 14.9. The number of amides is 1. The fraction of sp³-hybridized carbons (Fsp3) is 0.0500. The van der Waals surface area contributed by atoms with Crippen LogP contribution in [0.2, 0.25) is 5.02 Å². The molecule has 1 amide bonds. The van der Waals surface area contributed by atoms with Crippen LogP contribution in [0.1, 0.15) is 16.1 Å². The minimum absolute atomic E-state index is 0.253. The zero-order valence-electron chi connectivity index (χ0n) is 14.2. The highest BCUT2D eigenvalue weighted by atomic mass is 35.5. The molecule has 4 aromatic rings. The van der Waals surface area contributed by atoms with Gasteiger partial charge in [-0.05, 0) is 48.0 Å². The van der Waals surface area contributed by atoms with Crippen molar-refractivity contribution < 1.29 is 9.21 Å². The highest BCUT2D eigenvalue weighted by molar-refractivity contribution is 6.30.